The van der Waals surface area contributed by atoms with E-state index in [0.717, 1.165) is 11.8 Å². The molecule has 0 radical (unpaired) electrons. The molecule has 0 saturated carbocycles. The first-order chi connectivity index (χ1) is 6.46. The Hall–Kier alpha value is -0.740. The van der Waals surface area contributed by atoms with Gasteiger partial charge in [0.1, 0.15) is 0 Å². The Labute approximate surface area is 89.4 Å². The number of sulfonamides is 1. The molecule has 0 aliphatic rings. The van der Waals surface area contributed by atoms with Gasteiger partial charge in [-0.25, -0.2) is 8.42 Å². The van der Waals surface area contributed by atoms with E-state index >= 15 is 0 Å². The number of alkyl halides is 1. The smallest absolute Gasteiger partial charge is 0.232 e. The van der Waals surface area contributed by atoms with Gasteiger partial charge in [-0.15, -0.1) is 11.6 Å². The Bertz CT molecular complexity index is 417. The van der Waals surface area contributed by atoms with Crippen LogP contribution in [-0.4, -0.2) is 21.7 Å². The lowest BCUT2D eigenvalue weighted by molar-refractivity contribution is 0.600. The van der Waals surface area contributed by atoms with E-state index < -0.39 is 10.0 Å². The van der Waals surface area contributed by atoms with E-state index in [0.29, 0.717) is 11.6 Å². The second kappa shape index (κ2) is 4.19. The highest BCUT2D eigenvalue weighted by Crippen LogP contribution is 2.22. The molecule has 0 atom stereocenters. The van der Waals surface area contributed by atoms with Crippen LogP contribution in [0.25, 0.3) is 0 Å². The summed E-state index contributed by atoms with van der Waals surface area (Å²) in [5.41, 5.74) is 1.44. The zero-order valence-corrected chi connectivity index (χ0v) is 9.64. The van der Waals surface area contributed by atoms with Gasteiger partial charge < -0.3 is 0 Å². The number of hydrogen-bond acceptors (Lipinski definition) is 2. The van der Waals surface area contributed by atoms with Crippen LogP contribution in [0.5, 0.6) is 0 Å². The fourth-order valence-corrected chi connectivity index (χ4v) is 1.87. The average molecular weight is 234 g/mol. The highest BCUT2D eigenvalue weighted by Gasteiger charge is 2.14. The zero-order valence-electron chi connectivity index (χ0n) is 8.07. The quantitative estimate of drug-likeness (QED) is 0.747. The predicted octanol–water partition coefficient (Wildman–Crippen LogP) is 1.82. The van der Waals surface area contributed by atoms with Crippen molar-refractivity contribution >= 4 is 27.3 Å². The Morgan fingerprint density at radius 2 is 1.93 bits per heavy atom. The molecule has 78 valence electrons. The molecule has 14 heavy (non-hydrogen) atoms. The van der Waals surface area contributed by atoms with E-state index in [2.05, 4.69) is 0 Å². The van der Waals surface area contributed by atoms with Gasteiger partial charge in [-0.3, -0.25) is 4.31 Å². The number of rotatable bonds is 3. The van der Waals surface area contributed by atoms with Gasteiger partial charge in [0, 0.05) is 12.9 Å². The minimum atomic E-state index is -3.21. The molecular formula is C9H12ClNO2S. The second-order valence-corrected chi connectivity index (χ2v) is 5.27. The predicted molar refractivity (Wildman–Crippen MR) is 59.2 cm³/mol. The van der Waals surface area contributed by atoms with Crippen molar-refractivity contribution in [1.29, 1.82) is 0 Å². The van der Waals surface area contributed by atoms with Crippen LogP contribution in [0.15, 0.2) is 24.3 Å². The van der Waals surface area contributed by atoms with Crippen LogP contribution in [0, 0.1) is 0 Å². The summed E-state index contributed by atoms with van der Waals surface area (Å²) in [4.78, 5) is 0. The molecule has 0 bridgehead atoms. The Morgan fingerprint density at radius 1 is 1.36 bits per heavy atom. The number of hydrogen-bond donors (Lipinski definition) is 0. The molecule has 0 saturated heterocycles. The lowest BCUT2D eigenvalue weighted by Crippen LogP contribution is -2.25. The maximum absolute atomic E-state index is 11.3. The van der Waals surface area contributed by atoms with E-state index in [1.807, 2.05) is 12.1 Å². The van der Waals surface area contributed by atoms with E-state index in [9.17, 15) is 8.42 Å². The lowest BCUT2D eigenvalue weighted by atomic mass is 10.2. The molecular weight excluding hydrogens is 222 g/mol. The Morgan fingerprint density at radius 3 is 2.43 bits per heavy atom. The molecule has 0 aliphatic heterocycles. The van der Waals surface area contributed by atoms with Crippen molar-refractivity contribution in [3.63, 3.8) is 0 Å². The van der Waals surface area contributed by atoms with E-state index in [1.54, 1.807) is 12.1 Å². The molecule has 0 N–H and O–H groups in total. The molecule has 0 unspecified atom stereocenters. The number of para-hydroxylation sites is 1. The van der Waals surface area contributed by atoms with E-state index in [4.69, 9.17) is 11.6 Å². The molecule has 0 fully saturated rings. The zero-order chi connectivity index (χ0) is 10.8. The summed E-state index contributed by atoms with van der Waals surface area (Å²) in [6, 6.07) is 7.16. The number of nitrogens with zero attached hydrogens (tertiary/aromatic N) is 1. The van der Waals surface area contributed by atoms with Crippen molar-refractivity contribution < 1.29 is 8.42 Å². The van der Waals surface area contributed by atoms with Crippen LogP contribution < -0.4 is 4.31 Å². The van der Waals surface area contributed by atoms with Crippen LogP contribution in [0.1, 0.15) is 5.56 Å². The molecule has 1 aromatic carbocycles. The van der Waals surface area contributed by atoms with Crippen molar-refractivity contribution in [3.8, 4) is 0 Å². The van der Waals surface area contributed by atoms with Gasteiger partial charge in [-0.2, -0.15) is 0 Å². The highest BCUT2D eigenvalue weighted by molar-refractivity contribution is 7.92. The standard InChI is InChI=1S/C9H12ClNO2S/c1-11(14(2,12)13)9-6-4-3-5-8(9)7-10/h3-6H,7H2,1-2H3. The molecule has 5 heteroatoms. The van der Waals surface area contributed by atoms with Crippen LogP contribution in [0.2, 0.25) is 0 Å². The van der Waals surface area contributed by atoms with E-state index in [1.165, 1.54) is 11.4 Å². The third-order valence-corrected chi connectivity index (χ3v) is 3.45. The van der Waals surface area contributed by atoms with Crippen molar-refractivity contribution in [2.75, 3.05) is 17.6 Å². The third kappa shape index (κ3) is 2.39. The SMILES string of the molecule is CN(c1ccccc1CCl)S(C)(=O)=O. The molecule has 0 aromatic heterocycles. The van der Waals surface area contributed by atoms with Gasteiger partial charge in [-0.05, 0) is 11.6 Å². The van der Waals surface area contributed by atoms with Gasteiger partial charge in [0.15, 0.2) is 0 Å². The van der Waals surface area contributed by atoms with Crippen LogP contribution in [0.3, 0.4) is 0 Å². The monoisotopic (exact) mass is 233 g/mol. The first-order valence-electron chi connectivity index (χ1n) is 4.04. The first kappa shape index (κ1) is 11.3. The average Bonchev–Trinajstić information content (AvgIpc) is 2.15. The molecule has 0 amide bonds. The van der Waals surface area contributed by atoms with Gasteiger partial charge in [0.05, 0.1) is 11.9 Å². The number of benzene rings is 1. The molecule has 0 heterocycles. The maximum Gasteiger partial charge on any atom is 0.232 e. The Balaban J connectivity index is 3.19. The fraction of sp³-hybridized carbons (Fsp3) is 0.333. The van der Waals surface area contributed by atoms with Crippen molar-refractivity contribution in [2.45, 2.75) is 5.88 Å². The van der Waals surface area contributed by atoms with Gasteiger partial charge in [0.25, 0.3) is 0 Å². The molecule has 3 nitrogen and oxygen atoms in total. The normalized spacial score (nSPS) is 11.4. The fourth-order valence-electron chi connectivity index (χ4n) is 1.11. The topological polar surface area (TPSA) is 37.4 Å². The van der Waals surface area contributed by atoms with Crippen molar-refractivity contribution in [1.82, 2.24) is 0 Å². The number of anilines is 1. The van der Waals surface area contributed by atoms with Gasteiger partial charge >= 0.3 is 0 Å². The molecule has 0 spiro atoms. The summed E-state index contributed by atoms with van der Waals surface area (Å²) in [5.74, 6) is 0.302. The lowest BCUT2D eigenvalue weighted by Gasteiger charge is -2.19. The third-order valence-electron chi connectivity index (χ3n) is 1.97. The van der Waals surface area contributed by atoms with Crippen molar-refractivity contribution in [2.24, 2.45) is 0 Å². The van der Waals surface area contributed by atoms with E-state index in [-0.39, 0.29) is 0 Å². The molecule has 0 aliphatic carbocycles. The maximum atomic E-state index is 11.3. The largest absolute Gasteiger partial charge is 0.273 e. The summed E-state index contributed by atoms with van der Waals surface area (Å²) < 4.78 is 23.8. The summed E-state index contributed by atoms with van der Waals surface area (Å²) in [5, 5.41) is 0. The Kier molecular flexibility index (Phi) is 3.39. The van der Waals surface area contributed by atoms with Gasteiger partial charge in [0.2, 0.25) is 10.0 Å². The first-order valence-corrected chi connectivity index (χ1v) is 6.43. The molecule has 1 rings (SSSR count). The minimum absolute atomic E-state index is 0.302. The van der Waals surface area contributed by atoms with Crippen LogP contribution in [-0.2, 0) is 15.9 Å². The summed E-state index contributed by atoms with van der Waals surface area (Å²) in [6.07, 6.45) is 1.16. The summed E-state index contributed by atoms with van der Waals surface area (Å²) in [6.45, 7) is 0. The minimum Gasteiger partial charge on any atom is -0.273 e. The van der Waals surface area contributed by atoms with Crippen LogP contribution >= 0.6 is 11.6 Å². The number of halogens is 1. The summed E-state index contributed by atoms with van der Waals surface area (Å²) in [7, 11) is -1.70. The highest BCUT2D eigenvalue weighted by atomic mass is 35.5. The van der Waals surface area contributed by atoms with Crippen LogP contribution in [0.4, 0.5) is 5.69 Å². The second-order valence-electron chi connectivity index (χ2n) is 2.99. The van der Waals surface area contributed by atoms with Gasteiger partial charge in [-0.1, -0.05) is 18.2 Å². The molecule has 1 aromatic rings. The summed E-state index contributed by atoms with van der Waals surface area (Å²) >= 11 is 5.70. The van der Waals surface area contributed by atoms with Crippen molar-refractivity contribution in [3.05, 3.63) is 29.8 Å².